The van der Waals surface area contributed by atoms with Crippen molar-refractivity contribution in [3.8, 4) is 0 Å². The van der Waals surface area contributed by atoms with Crippen molar-refractivity contribution >= 4 is 23.5 Å². The van der Waals surface area contributed by atoms with Crippen molar-refractivity contribution < 1.29 is 4.74 Å². The summed E-state index contributed by atoms with van der Waals surface area (Å²) in [6.45, 7) is 0. The molecule has 58 valence electrons. The molecule has 0 radical (unpaired) electrons. The molecule has 1 nitrogen and oxygen atoms in total. The van der Waals surface area contributed by atoms with Gasteiger partial charge >= 0.3 is 0 Å². The van der Waals surface area contributed by atoms with E-state index in [2.05, 4.69) is 12.2 Å². The average molecular weight is 184 g/mol. The van der Waals surface area contributed by atoms with E-state index in [1.807, 2.05) is 23.5 Å². The fourth-order valence-corrected chi connectivity index (χ4v) is 4.05. The van der Waals surface area contributed by atoms with Crippen LogP contribution in [0, 0.1) is 0 Å². The van der Waals surface area contributed by atoms with Gasteiger partial charge in [0.1, 0.15) is 12.2 Å². The molecule has 3 aliphatic rings. The number of thioether (sulfide) groups is 2. The lowest BCUT2D eigenvalue weighted by Crippen LogP contribution is -1.87. The van der Waals surface area contributed by atoms with Gasteiger partial charge in [0.05, 0.1) is 0 Å². The molecule has 2 aliphatic heterocycles. The first-order valence-corrected chi connectivity index (χ1v) is 5.76. The van der Waals surface area contributed by atoms with Gasteiger partial charge in [-0.15, -0.1) is 23.5 Å². The summed E-state index contributed by atoms with van der Waals surface area (Å²) in [5, 5.41) is 0. The Hall–Kier alpha value is 0.140. The van der Waals surface area contributed by atoms with Crippen LogP contribution in [-0.2, 0) is 4.74 Å². The lowest BCUT2D eigenvalue weighted by atomic mass is 10.3. The Labute approximate surface area is 74.3 Å². The second-order valence-corrected chi connectivity index (χ2v) is 5.29. The van der Waals surface area contributed by atoms with E-state index in [0.29, 0.717) is 12.2 Å². The van der Waals surface area contributed by atoms with Gasteiger partial charge in [-0.05, 0) is 0 Å². The van der Waals surface area contributed by atoms with Crippen molar-refractivity contribution in [3.63, 3.8) is 0 Å². The molecule has 1 aliphatic carbocycles. The van der Waals surface area contributed by atoms with E-state index in [-0.39, 0.29) is 0 Å². The minimum Gasteiger partial charge on any atom is -0.360 e. The Balaban J connectivity index is 1.96. The summed E-state index contributed by atoms with van der Waals surface area (Å²) in [5.74, 6) is 2.55. The van der Waals surface area contributed by atoms with Crippen molar-refractivity contribution in [1.29, 1.82) is 0 Å². The molecule has 0 bridgehead atoms. The minimum atomic E-state index is 0.444. The molecule has 0 saturated carbocycles. The third kappa shape index (κ3) is 0.983. The summed E-state index contributed by atoms with van der Waals surface area (Å²) in [5.41, 5.74) is 1.45. The molecule has 2 heterocycles. The highest BCUT2D eigenvalue weighted by atomic mass is 32.2. The molecule has 0 amide bonds. The van der Waals surface area contributed by atoms with Crippen LogP contribution < -0.4 is 0 Å². The first-order valence-electron chi connectivity index (χ1n) is 3.78. The molecule has 2 saturated heterocycles. The van der Waals surface area contributed by atoms with Crippen LogP contribution in [0.5, 0.6) is 0 Å². The average Bonchev–Trinajstić information content (AvgIpc) is 2.54. The molecule has 0 aromatic carbocycles. The van der Waals surface area contributed by atoms with Crippen LogP contribution in [0.25, 0.3) is 0 Å². The van der Waals surface area contributed by atoms with Crippen molar-refractivity contribution in [1.82, 2.24) is 0 Å². The Bertz CT molecular complexity index is 249. The van der Waals surface area contributed by atoms with Crippen LogP contribution in [0.4, 0.5) is 0 Å². The maximum absolute atomic E-state index is 5.41. The van der Waals surface area contributed by atoms with Crippen molar-refractivity contribution in [2.24, 2.45) is 0 Å². The van der Waals surface area contributed by atoms with E-state index in [1.54, 1.807) is 0 Å². The van der Waals surface area contributed by atoms with Gasteiger partial charge in [-0.1, -0.05) is 12.2 Å². The Morgan fingerprint density at radius 3 is 2.73 bits per heavy atom. The van der Waals surface area contributed by atoms with Crippen molar-refractivity contribution in [3.05, 3.63) is 22.0 Å². The maximum atomic E-state index is 5.41. The predicted molar refractivity (Wildman–Crippen MR) is 49.7 cm³/mol. The van der Waals surface area contributed by atoms with Gasteiger partial charge in [0, 0.05) is 21.3 Å². The standard InChI is InChI=1S/C8H8OS2/c1-2-6-7(9-6)5(1)8-10-3-4-11-8/h1-2,6-7H,3-4H2. The molecule has 0 aromatic rings. The number of hydrogen-bond donors (Lipinski definition) is 0. The second kappa shape index (κ2) is 2.31. The van der Waals surface area contributed by atoms with Crippen LogP contribution in [-0.4, -0.2) is 23.7 Å². The molecule has 11 heavy (non-hydrogen) atoms. The van der Waals surface area contributed by atoms with Gasteiger partial charge < -0.3 is 4.74 Å². The van der Waals surface area contributed by atoms with Gasteiger partial charge in [0.2, 0.25) is 0 Å². The summed E-state index contributed by atoms with van der Waals surface area (Å²) >= 11 is 3.96. The molecule has 0 spiro atoms. The topological polar surface area (TPSA) is 12.5 Å². The highest BCUT2D eigenvalue weighted by molar-refractivity contribution is 8.25. The Kier molecular flexibility index (Phi) is 1.39. The van der Waals surface area contributed by atoms with E-state index >= 15 is 0 Å². The van der Waals surface area contributed by atoms with E-state index in [0.717, 1.165) is 0 Å². The molecular formula is C8H8OS2. The SMILES string of the molecule is C1=CC2OC2C1=C1SCCS1. The zero-order chi connectivity index (χ0) is 7.26. The monoisotopic (exact) mass is 184 g/mol. The summed E-state index contributed by atoms with van der Waals surface area (Å²) < 4.78 is 6.91. The number of ether oxygens (including phenoxy) is 1. The number of rotatable bonds is 0. The lowest BCUT2D eigenvalue weighted by Gasteiger charge is -1.98. The zero-order valence-electron chi connectivity index (χ0n) is 5.95. The first kappa shape index (κ1) is 6.63. The van der Waals surface area contributed by atoms with E-state index in [1.165, 1.54) is 21.3 Å². The summed E-state index contributed by atoms with van der Waals surface area (Å²) in [4.78, 5) is 0. The van der Waals surface area contributed by atoms with Crippen LogP contribution in [0.2, 0.25) is 0 Å². The molecule has 0 aromatic heterocycles. The van der Waals surface area contributed by atoms with Crippen molar-refractivity contribution in [2.45, 2.75) is 12.2 Å². The number of hydrogen-bond acceptors (Lipinski definition) is 3. The van der Waals surface area contributed by atoms with Crippen LogP contribution in [0.1, 0.15) is 0 Å². The fourth-order valence-electron chi connectivity index (χ4n) is 1.48. The van der Waals surface area contributed by atoms with Gasteiger partial charge in [-0.2, -0.15) is 0 Å². The van der Waals surface area contributed by atoms with Crippen molar-refractivity contribution in [2.75, 3.05) is 11.5 Å². The summed E-state index contributed by atoms with van der Waals surface area (Å²) in [6.07, 6.45) is 5.30. The fraction of sp³-hybridized carbons (Fsp3) is 0.500. The van der Waals surface area contributed by atoms with E-state index in [9.17, 15) is 0 Å². The molecule has 2 unspecified atom stereocenters. The van der Waals surface area contributed by atoms with Crippen LogP contribution in [0.3, 0.4) is 0 Å². The lowest BCUT2D eigenvalue weighted by molar-refractivity contribution is 0.404. The molecule has 2 atom stereocenters. The van der Waals surface area contributed by atoms with Crippen LogP contribution in [0.15, 0.2) is 22.0 Å². The molecule has 3 rings (SSSR count). The highest BCUT2D eigenvalue weighted by Crippen LogP contribution is 2.47. The Morgan fingerprint density at radius 1 is 1.36 bits per heavy atom. The molecular weight excluding hydrogens is 176 g/mol. The van der Waals surface area contributed by atoms with E-state index in [4.69, 9.17) is 4.74 Å². The third-order valence-corrected chi connectivity index (χ3v) is 4.86. The van der Waals surface area contributed by atoms with Gasteiger partial charge in [-0.25, -0.2) is 0 Å². The number of epoxide rings is 1. The largest absolute Gasteiger partial charge is 0.360 e. The smallest absolute Gasteiger partial charge is 0.115 e. The minimum absolute atomic E-state index is 0.444. The maximum Gasteiger partial charge on any atom is 0.115 e. The Morgan fingerprint density at radius 2 is 2.18 bits per heavy atom. The third-order valence-electron chi connectivity index (χ3n) is 2.08. The normalized spacial score (nSPS) is 40.0. The second-order valence-electron chi connectivity index (χ2n) is 2.82. The van der Waals surface area contributed by atoms with Crippen LogP contribution >= 0.6 is 23.5 Å². The summed E-state index contributed by atoms with van der Waals surface area (Å²) in [6, 6.07) is 0. The van der Waals surface area contributed by atoms with Gasteiger partial charge in [-0.3, -0.25) is 0 Å². The predicted octanol–water partition coefficient (Wildman–Crippen LogP) is 2.02. The first-order chi connectivity index (χ1) is 5.45. The quantitative estimate of drug-likeness (QED) is 0.534. The molecule has 0 N–H and O–H groups in total. The molecule has 3 heteroatoms. The van der Waals surface area contributed by atoms with Gasteiger partial charge in [0.15, 0.2) is 0 Å². The molecule has 2 fully saturated rings. The number of fused-ring (bicyclic) bond motifs is 1. The highest BCUT2D eigenvalue weighted by Gasteiger charge is 2.44. The zero-order valence-corrected chi connectivity index (χ0v) is 7.58. The van der Waals surface area contributed by atoms with E-state index < -0.39 is 0 Å². The van der Waals surface area contributed by atoms with Gasteiger partial charge in [0.25, 0.3) is 0 Å². The summed E-state index contributed by atoms with van der Waals surface area (Å²) in [7, 11) is 0.